The third-order valence-electron chi connectivity index (χ3n) is 14.3. The molecule has 0 aliphatic rings. The van der Waals surface area contributed by atoms with E-state index in [4.69, 9.17) is 9.05 Å². The maximum Gasteiger partial charge on any atom is 0.268 e. The standard InChI is InChI=1S/C63H123N2O6P/c1-6-8-10-12-14-16-18-20-22-24-25-26-27-28-29-30-31-32-33-34-35-36-37-38-39-41-43-45-47-49-51-53-55-57-63(67)64-61(60-71-72(68,69)70-59-58-65(3,4)5)62(66)56-54-52-50-48-46-44-42-40-23-21-19-17-15-13-11-9-7-2/h23,40,46,48,54,56,61-62,66H,6-22,24-39,41-45,47,49-53,55,57-60H2,1-5H3,(H-,64,67,68,69)/b40-23+,48-46+,56-54+. The van der Waals surface area contributed by atoms with Crippen LogP contribution in [0.1, 0.15) is 309 Å². The number of rotatable bonds is 58. The highest BCUT2D eigenvalue weighted by Crippen LogP contribution is 2.38. The van der Waals surface area contributed by atoms with E-state index < -0.39 is 26.6 Å². The summed E-state index contributed by atoms with van der Waals surface area (Å²) in [6.45, 7) is 4.65. The van der Waals surface area contributed by atoms with Crippen LogP contribution in [0.15, 0.2) is 36.5 Å². The Morgan fingerprint density at radius 2 is 0.778 bits per heavy atom. The van der Waals surface area contributed by atoms with Crippen LogP contribution < -0.4 is 10.2 Å². The molecule has 3 unspecified atom stereocenters. The number of aliphatic hydroxyl groups is 1. The fourth-order valence-electron chi connectivity index (χ4n) is 9.42. The predicted molar refractivity (Wildman–Crippen MR) is 311 cm³/mol. The molecular weight excluding hydrogens is 912 g/mol. The topological polar surface area (TPSA) is 108 Å². The molecule has 0 aromatic rings. The van der Waals surface area contributed by atoms with Crippen LogP contribution in [0, 0.1) is 0 Å². The molecule has 0 aliphatic carbocycles. The minimum atomic E-state index is -4.61. The van der Waals surface area contributed by atoms with Gasteiger partial charge in [0.15, 0.2) is 0 Å². The van der Waals surface area contributed by atoms with Gasteiger partial charge in [0.05, 0.1) is 39.9 Å². The van der Waals surface area contributed by atoms with Crippen LogP contribution >= 0.6 is 7.82 Å². The fraction of sp³-hybridized carbons (Fsp3) is 0.889. The number of phosphoric ester groups is 1. The highest BCUT2D eigenvalue weighted by molar-refractivity contribution is 7.45. The number of carbonyl (C=O) groups excluding carboxylic acids is 1. The van der Waals surface area contributed by atoms with Crippen LogP contribution in [0.2, 0.25) is 0 Å². The van der Waals surface area contributed by atoms with Gasteiger partial charge >= 0.3 is 0 Å². The number of unbranched alkanes of at least 4 members (excludes halogenated alkanes) is 41. The lowest BCUT2D eigenvalue weighted by Gasteiger charge is -2.29. The third-order valence-corrected chi connectivity index (χ3v) is 15.3. The molecule has 0 aromatic heterocycles. The van der Waals surface area contributed by atoms with Crippen LogP contribution in [0.4, 0.5) is 0 Å². The average Bonchev–Trinajstić information content (AvgIpc) is 3.34. The molecule has 0 aliphatic heterocycles. The molecule has 0 rings (SSSR count). The zero-order valence-electron chi connectivity index (χ0n) is 48.6. The molecule has 2 N–H and O–H groups in total. The zero-order chi connectivity index (χ0) is 52.7. The molecule has 1 amide bonds. The van der Waals surface area contributed by atoms with Crippen molar-refractivity contribution in [2.45, 2.75) is 321 Å². The number of nitrogens with zero attached hydrogens (tertiary/aromatic N) is 1. The van der Waals surface area contributed by atoms with E-state index in [0.29, 0.717) is 17.4 Å². The van der Waals surface area contributed by atoms with E-state index >= 15 is 0 Å². The van der Waals surface area contributed by atoms with Gasteiger partial charge in [0.2, 0.25) is 5.91 Å². The van der Waals surface area contributed by atoms with Gasteiger partial charge in [-0.1, -0.05) is 294 Å². The Morgan fingerprint density at radius 3 is 1.12 bits per heavy atom. The molecule has 8 nitrogen and oxygen atoms in total. The molecule has 9 heteroatoms. The molecule has 0 saturated heterocycles. The quantitative estimate of drug-likeness (QED) is 0.0272. The number of phosphoric acid groups is 1. The Morgan fingerprint density at radius 1 is 0.472 bits per heavy atom. The second-order valence-corrected chi connectivity index (χ2v) is 24.2. The summed E-state index contributed by atoms with van der Waals surface area (Å²) < 4.78 is 23.3. The lowest BCUT2D eigenvalue weighted by Crippen LogP contribution is -2.45. The van der Waals surface area contributed by atoms with Gasteiger partial charge in [-0.05, 0) is 44.9 Å². The van der Waals surface area contributed by atoms with E-state index in [2.05, 4.69) is 43.5 Å². The van der Waals surface area contributed by atoms with E-state index in [0.717, 1.165) is 44.9 Å². The van der Waals surface area contributed by atoms with Crippen LogP contribution in [0.3, 0.4) is 0 Å². The number of carbonyl (C=O) groups is 1. The van der Waals surface area contributed by atoms with Crippen molar-refractivity contribution < 1.29 is 32.9 Å². The summed E-state index contributed by atoms with van der Waals surface area (Å²) >= 11 is 0. The first-order valence-electron chi connectivity index (χ1n) is 31.4. The molecule has 0 radical (unpaired) electrons. The van der Waals surface area contributed by atoms with Crippen LogP contribution in [0.25, 0.3) is 0 Å². The van der Waals surface area contributed by atoms with E-state index in [-0.39, 0.29) is 12.5 Å². The summed E-state index contributed by atoms with van der Waals surface area (Å²) in [5.41, 5.74) is 0. The van der Waals surface area contributed by atoms with E-state index in [1.54, 1.807) is 6.08 Å². The van der Waals surface area contributed by atoms with Gasteiger partial charge in [-0.3, -0.25) is 9.36 Å². The molecule has 0 aromatic carbocycles. The van der Waals surface area contributed by atoms with Crippen molar-refractivity contribution in [3.8, 4) is 0 Å². The Bertz CT molecular complexity index is 1270. The Labute approximate surface area is 448 Å². The number of quaternary nitrogens is 1. The van der Waals surface area contributed by atoms with Crippen molar-refractivity contribution in [3.63, 3.8) is 0 Å². The molecule has 0 bridgehead atoms. The number of amides is 1. The first-order valence-corrected chi connectivity index (χ1v) is 32.8. The highest BCUT2D eigenvalue weighted by atomic mass is 31.2. The normalized spacial score (nSPS) is 14.0. The van der Waals surface area contributed by atoms with Crippen molar-refractivity contribution >= 4 is 13.7 Å². The molecule has 3 atom stereocenters. The minimum Gasteiger partial charge on any atom is -0.756 e. The molecule has 0 spiro atoms. The number of likely N-dealkylation sites (N-methyl/N-ethyl adjacent to an activating group) is 1. The first kappa shape index (κ1) is 70.7. The maximum absolute atomic E-state index is 13.0. The second kappa shape index (κ2) is 54.5. The molecule has 426 valence electrons. The highest BCUT2D eigenvalue weighted by Gasteiger charge is 2.23. The Balaban J connectivity index is 4.04. The number of hydrogen-bond donors (Lipinski definition) is 2. The summed E-state index contributed by atoms with van der Waals surface area (Å²) in [6, 6.07) is -0.908. The van der Waals surface area contributed by atoms with Crippen molar-refractivity contribution in [1.82, 2.24) is 5.32 Å². The van der Waals surface area contributed by atoms with E-state index in [9.17, 15) is 19.4 Å². The van der Waals surface area contributed by atoms with Crippen LogP contribution in [-0.2, 0) is 18.4 Å². The van der Waals surface area contributed by atoms with Gasteiger partial charge in [0.1, 0.15) is 13.2 Å². The van der Waals surface area contributed by atoms with E-state index in [1.165, 1.54) is 244 Å². The van der Waals surface area contributed by atoms with Crippen molar-refractivity contribution in [2.75, 3.05) is 40.9 Å². The fourth-order valence-corrected chi connectivity index (χ4v) is 10.1. The SMILES string of the molecule is CCCCCCCCC/C=C/CC/C=C/CC/C=C/C(O)C(COP(=O)([O-])OCC[N+](C)(C)C)NC(=O)CCCCCCCCCCCCCCCCCCCCCCCCCCCCCCCCCCC. The number of allylic oxidation sites excluding steroid dienone is 5. The predicted octanol–water partition coefficient (Wildman–Crippen LogP) is 18.7. The number of aliphatic hydroxyl groups excluding tert-OH is 1. The van der Waals surface area contributed by atoms with Crippen molar-refractivity contribution in [2.24, 2.45) is 0 Å². The molecule has 72 heavy (non-hydrogen) atoms. The smallest absolute Gasteiger partial charge is 0.268 e. The molecule has 0 fully saturated rings. The van der Waals surface area contributed by atoms with Crippen LogP contribution in [0.5, 0.6) is 0 Å². The average molecular weight is 1040 g/mol. The largest absolute Gasteiger partial charge is 0.756 e. The maximum atomic E-state index is 13.0. The summed E-state index contributed by atoms with van der Waals surface area (Å²) in [5, 5.41) is 13.9. The summed E-state index contributed by atoms with van der Waals surface area (Å²) in [4.78, 5) is 25.5. The number of nitrogens with one attached hydrogen (secondary N) is 1. The summed E-state index contributed by atoms with van der Waals surface area (Å²) in [7, 11) is 1.25. The Kier molecular flexibility index (Phi) is 53.5. The van der Waals surface area contributed by atoms with Gasteiger partial charge in [0.25, 0.3) is 7.82 Å². The van der Waals surface area contributed by atoms with Gasteiger partial charge in [-0.15, -0.1) is 0 Å². The third kappa shape index (κ3) is 56.4. The van der Waals surface area contributed by atoms with Gasteiger partial charge in [-0.2, -0.15) is 0 Å². The lowest BCUT2D eigenvalue weighted by molar-refractivity contribution is -0.870. The number of hydrogen-bond acceptors (Lipinski definition) is 6. The van der Waals surface area contributed by atoms with Gasteiger partial charge in [0, 0.05) is 6.42 Å². The molecule has 0 heterocycles. The zero-order valence-corrected chi connectivity index (χ0v) is 49.5. The van der Waals surface area contributed by atoms with Gasteiger partial charge in [-0.25, -0.2) is 0 Å². The molecular formula is C63H123N2O6P. The second-order valence-electron chi connectivity index (χ2n) is 22.8. The summed E-state index contributed by atoms with van der Waals surface area (Å²) in [6.07, 6.45) is 71.2. The van der Waals surface area contributed by atoms with Gasteiger partial charge < -0.3 is 28.8 Å². The van der Waals surface area contributed by atoms with Crippen molar-refractivity contribution in [3.05, 3.63) is 36.5 Å². The monoisotopic (exact) mass is 1030 g/mol. The summed E-state index contributed by atoms with van der Waals surface area (Å²) in [5.74, 6) is -0.206. The molecule has 0 saturated carbocycles. The van der Waals surface area contributed by atoms with Crippen molar-refractivity contribution in [1.29, 1.82) is 0 Å². The lowest BCUT2D eigenvalue weighted by atomic mass is 10.0. The van der Waals surface area contributed by atoms with Crippen LogP contribution in [-0.4, -0.2) is 68.5 Å². The first-order chi connectivity index (χ1) is 35.0. The van der Waals surface area contributed by atoms with E-state index in [1.807, 2.05) is 27.2 Å². The minimum absolute atomic E-state index is 0.00739. The Hall–Kier alpha value is -1.28.